The lowest BCUT2D eigenvalue weighted by Gasteiger charge is -2.35. The Hall–Kier alpha value is -4.72. The zero-order chi connectivity index (χ0) is 26.8. The van der Waals surface area contributed by atoms with Crippen LogP contribution in [-0.2, 0) is 4.79 Å². The molecule has 1 aliphatic heterocycles. The SMILES string of the molecule is Cc1ccc(-n2cc(-c3ccccc3)c3c(N4CCN(C(=O)COc5ccc(F)cc5)CC4)ncnc32)cc1. The molecule has 6 rings (SSSR count). The molecule has 196 valence electrons. The maximum Gasteiger partial charge on any atom is 0.260 e. The molecule has 3 aromatic carbocycles. The van der Waals surface area contributed by atoms with Crippen LogP contribution < -0.4 is 9.64 Å². The number of benzene rings is 3. The lowest BCUT2D eigenvalue weighted by molar-refractivity contribution is -0.133. The van der Waals surface area contributed by atoms with Crippen molar-refractivity contribution in [3.05, 3.63) is 103 Å². The Labute approximate surface area is 226 Å². The van der Waals surface area contributed by atoms with Crippen LogP contribution in [0.15, 0.2) is 91.4 Å². The number of carbonyl (C=O) groups excluding carboxylic acids is 1. The number of ether oxygens (including phenoxy) is 1. The first kappa shape index (κ1) is 24.6. The van der Waals surface area contributed by atoms with Gasteiger partial charge in [-0.25, -0.2) is 14.4 Å². The fraction of sp³-hybridized carbons (Fsp3) is 0.194. The van der Waals surface area contributed by atoms with E-state index < -0.39 is 0 Å². The van der Waals surface area contributed by atoms with Crippen LogP contribution in [0.2, 0.25) is 0 Å². The van der Waals surface area contributed by atoms with Crippen LogP contribution in [0.25, 0.3) is 27.8 Å². The molecule has 5 aromatic rings. The van der Waals surface area contributed by atoms with Crippen molar-refractivity contribution in [2.75, 3.05) is 37.7 Å². The first-order chi connectivity index (χ1) is 19.1. The molecule has 0 N–H and O–H groups in total. The molecule has 8 heteroatoms. The molecule has 39 heavy (non-hydrogen) atoms. The summed E-state index contributed by atoms with van der Waals surface area (Å²) < 4.78 is 20.8. The Morgan fingerprint density at radius 2 is 1.62 bits per heavy atom. The first-order valence-corrected chi connectivity index (χ1v) is 13.0. The van der Waals surface area contributed by atoms with Crippen LogP contribution >= 0.6 is 0 Å². The molecule has 0 unspecified atom stereocenters. The Morgan fingerprint density at radius 3 is 2.33 bits per heavy atom. The number of rotatable bonds is 6. The molecule has 0 atom stereocenters. The minimum absolute atomic E-state index is 0.0824. The molecular formula is C31H28FN5O2. The van der Waals surface area contributed by atoms with E-state index in [0.29, 0.717) is 31.9 Å². The van der Waals surface area contributed by atoms with Crippen molar-refractivity contribution in [3.8, 4) is 22.6 Å². The van der Waals surface area contributed by atoms with Gasteiger partial charge in [0.2, 0.25) is 0 Å². The second-order valence-electron chi connectivity index (χ2n) is 9.62. The van der Waals surface area contributed by atoms with Gasteiger partial charge in [-0.1, -0.05) is 48.0 Å². The Morgan fingerprint density at radius 1 is 0.897 bits per heavy atom. The minimum atomic E-state index is -0.340. The third-order valence-corrected chi connectivity index (χ3v) is 7.07. The molecule has 3 heterocycles. The Bertz CT molecular complexity index is 1590. The lowest BCUT2D eigenvalue weighted by Crippen LogP contribution is -2.50. The third-order valence-electron chi connectivity index (χ3n) is 7.07. The molecule has 1 amide bonds. The van der Waals surface area contributed by atoms with E-state index in [2.05, 4.69) is 59.0 Å². The number of hydrogen-bond donors (Lipinski definition) is 0. The molecule has 0 bridgehead atoms. The van der Waals surface area contributed by atoms with Gasteiger partial charge in [0, 0.05) is 43.6 Å². The van der Waals surface area contributed by atoms with E-state index in [1.807, 2.05) is 18.2 Å². The maximum absolute atomic E-state index is 13.1. The van der Waals surface area contributed by atoms with Gasteiger partial charge in [0.05, 0.1) is 5.39 Å². The molecule has 0 saturated carbocycles. The van der Waals surface area contributed by atoms with E-state index >= 15 is 0 Å². The summed E-state index contributed by atoms with van der Waals surface area (Å²) in [4.78, 5) is 26.3. The van der Waals surface area contributed by atoms with E-state index in [1.54, 1.807) is 11.2 Å². The van der Waals surface area contributed by atoms with Crippen molar-refractivity contribution < 1.29 is 13.9 Å². The van der Waals surface area contributed by atoms with E-state index in [-0.39, 0.29) is 18.3 Å². The van der Waals surface area contributed by atoms with Crippen LogP contribution in [-0.4, -0.2) is 58.1 Å². The standard InChI is InChI=1S/C31H28FN5O2/c1-22-7-11-25(12-8-22)37-19-27(23-5-3-2-4-6-23)29-30(33-21-34-31(29)37)36-17-15-35(16-18-36)28(38)20-39-26-13-9-24(32)10-14-26/h2-14,19,21H,15-18,20H2,1H3. The number of fused-ring (bicyclic) bond motifs is 1. The molecule has 1 saturated heterocycles. The zero-order valence-electron chi connectivity index (χ0n) is 21.6. The summed E-state index contributed by atoms with van der Waals surface area (Å²) in [5, 5.41) is 0.990. The van der Waals surface area contributed by atoms with Crippen molar-refractivity contribution in [2.24, 2.45) is 0 Å². The number of nitrogens with zero attached hydrogens (tertiary/aromatic N) is 5. The van der Waals surface area contributed by atoms with Crippen LogP contribution in [0, 0.1) is 12.7 Å². The van der Waals surface area contributed by atoms with Gasteiger partial charge < -0.3 is 19.1 Å². The lowest BCUT2D eigenvalue weighted by atomic mass is 10.1. The number of aryl methyl sites for hydroxylation is 1. The maximum atomic E-state index is 13.1. The number of piperazine rings is 1. The summed E-state index contributed by atoms with van der Waals surface area (Å²) in [7, 11) is 0. The summed E-state index contributed by atoms with van der Waals surface area (Å²) in [6.45, 7) is 4.37. The smallest absolute Gasteiger partial charge is 0.260 e. The fourth-order valence-electron chi connectivity index (χ4n) is 4.96. The second-order valence-corrected chi connectivity index (χ2v) is 9.62. The fourth-order valence-corrected chi connectivity index (χ4v) is 4.96. The highest BCUT2D eigenvalue weighted by Gasteiger charge is 2.26. The van der Waals surface area contributed by atoms with Crippen molar-refractivity contribution in [1.82, 2.24) is 19.4 Å². The molecule has 7 nitrogen and oxygen atoms in total. The van der Waals surface area contributed by atoms with E-state index in [0.717, 1.165) is 33.7 Å². The highest BCUT2D eigenvalue weighted by atomic mass is 19.1. The van der Waals surface area contributed by atoms with Gasteiger partial charge in [-0.15, -0.1) is 0 Å². The van der Waals surface area contributed by atoms with Gasteiger partial charge in [0.25, 0.3) is 5.91 Å². The zero-order valence-corrected chi connectivity index (χ0v) is 21.6. The number of hydrogen-bond acceptors (Lipinski definition) is 5. The number of aromatic nitrogens is 3. The summed E-state index contributed by atoms with van der Waals surface area (Å²) in [5.74, 6) is 0.897. The largest absolute Gasteiger partial charge is 0.484 e. The van der Waals surface area contributed by atoms with Gasteiger partial charge >= 0.3 is 0 Å². The second kappa shape index (κ2) is 10.6. The van der Waals surface area contributed by atoms with E-state index in [9.17, 15) is 9.18 Å². The van der Waals surface area contributed by atoms with Crippen LogP contribution in [0.4, 0.5) is 10.2 Å². The monoisotopic (exact) mass is 521 g/mol. The number of anilines is 1. The summed E-state index contributed by atoms with van der Waals surface area (Å²) in [6, 6.07) is 24.4. The number of amides is 1. The van der Waals surface area contributed by atoms with Gasteiger partial charge in [0.1, 0.15) is 23.7 Å². The van der Waals surface area contributed by atoms with Crippen LogP contribution in [0.1, 0.15) is 5.56 Å². The third kappa shape index (κ3) is 5.05. The van der Waals surface area contributed by atoms with Crippen molar-refractivity contribution in [2.45, 2.75) is 6.92 Å². The molecule has 1 fully saturated rings. The molecule has 0 radical (unpaired) electrons. The number of carbonyl (C=O) groups is 1. The van der Waals surface area contributed by atoms with Crippen molar-refractivity contribution in [1.29, 1.82) is 0 Å². The molecule has 2 aromatic heterocycles. The first-order valence-electron chi connectivity index (χ1n) is 13.0. The van der Waals surface area contributed by atoms with Gasteiger partial charge in [-0.05, 0) is 48.9 Å². The van der Waals surface area contributed by atoms with Crippen LogP contribution in [0.3, 0.4) is 0 Å². The normalized spacial score (nSPS) is 13.6. The quantitative estimate of drug-likeness (QED) is 0.305. The average molecular weight is 522 g/mol. The van der Waals surface area contributed by atoms with E-state index in [1.165, 1.54) is 29.8 Å². The summed E-state index contributed by atoms with van der Waals surface area (Å²) >= 11 is 0. The summed E-state index contributed by atoms with van der Waals surface area (Å²) in [5.41, 5.74) is 5.23. The highest BCUT2D eigenvalue weighted by molar-refractivity contribution is 6.02. The van der Waals surface area contributed by atoms with Crippen molar-refractivity contribution in [3.63, 3.8) is 0 Å². The van der Waals surface area contributed by atoms with Gasteiger partial charge in [0.15, 0.2) is 12.3 Å². The minimum Gasteiger partial charge on any atom is -0.484 e. The molecule has 0 spiro atoms. The topological polar surface area (TPSA) is 63.5 Å². The van der Waals surface area contributed by atoms with E-state index in [4.69, 9.17) is 14.7 Å². The highest BCUT2D eigenvalue weighted by Crippen LogP contribution is 2.37. The van der Waals surface area contributed by atoms with Crippen LogP contribution in [0.5, 0.6) is 5.75 Å². The predicted octanol–water partition coefficient (Wildman–Crippen LogP) is 5.26. The molecule has 1 aliphatic rings. The van der Waals surface area contributed by atoms with Gasteiger partial charge in [-0.2, -0.15) is 0 Å². The Balaban J connectivity index is 1.26. The average Bonchev–Trinajstić information content (AvgIpc) is 3.38. The molecular weight excluding hydrogens is 493 g/mol. The number of halogens is 1. The van der Waals surface area contributed by atoms with Gasteiger partial charge in [-0.3, -0.25) is 4.79 Å². The summed E-state index contributed by atoms with van der Waals surface area (Å²) in [6.07, 6.45) is 3.75. The van der Waals surface area contributed by atoms with Crippen molar-refractivity contribution >= 4 is 22.8 Å². The molecule has 0 aliphatic carbocycles. The Kier molecular flexibility index (Phi) is 6.67. The predicted molar refractivity (Wildman–Crippen MR) is 150 cm³/mol.